The first-order chi connectivity index (χ1) is 17.0. The summed E-state index contributed by atoms with van der Waals surface area (Å²) >= 11 is 6.16. The molecule has 0 radical (unpaired) electrons. The van der Waals surface area contributed by atoms with Gasteiger partial charge >= 0.3 is 0 Å². The van der Waals surface area contributed by atoms with E-state index < -0.39 is 40.1 Å². The molecule has 1 aliphatic heterocycles. The fourth-order valence-electron chi connectivity index (χ4n) is 4.16. The number of carbonyl (C=O) groups is 2. The molecule has 10 heteroatoms. The zero-order valence-corrected chi connectivity index (χ0v) is 21.5. The second-order valence-corrected chi connectivity index (χ2v) is 11.0. The van der Waals surface area contributed by atoms with Crippen molar-refractivity contribution in [1.29, 1.82) is 0 Å². The van der Waals surface area contributed by atoms with Gasteiger partial charge in [-0.2, -0.15) is 0 Å². The van der Waals surface area contributed by atoms with Gasteiger partial charge in [-0.05, 0) is 61.7 Å². The Balaban J connectivity index is 1.72. The molecule has 36 heavy (non-hydrogen) atoms. The van der Waals surface area contributed by atoms with Crippen LogP contribution < -0.4 is 14.9 Å². The molecule has 0 saturated carbocycles. The summed E-state index contributed by atoms with van der Waals surface area (Å²) < 4.78 is 43.0. The Morgan fingerprint density at radius 2 is 1.83 bits per heavy atom. The summed E-state index contributed by atoms with van der Waals surface area (Å²) in [6.45, 7) is 5.38. The molecule has 0 saturated heterocycles. The quantitative estimate of drug-likeness (QED) is 0.487. The molecule has 7 nitrogen and oxygen atoms in total. The van der Waals surface area contributed by atoms with Gasteiger partial charge in [0.1, 0.15) is 11.9 Å². The Labute approximate surface area is 214 Å². The molecule has 3 aromatic carbocycles. The molecule has 1 heterocycles. The molecule has 2 amide bonds. The number of nitrogens with one attached hydrogen (secondary N) is 2. The van der Waals surface area contributed by atoms with Crippen molar-refractivity contribution in [2.24, 2.45) is 0 Å². The Bertz CT molecular complexity index is 1480. The highest BCUT2D eigenvalue weighted by Gasteiger charge is 2.42. The molecule has 1 unspecified atom stereocenters. The Morgan fingerprint density at radius 1 is 1.08 bits per heavy atom. The second kappa shape index (κ2) is 9.91. The van der Waals surface area contributed by atoms with Crippen LogP contribution in [0.25, 0.3) is 0 Å². The molecule has 1 aliphatic rings. The maximum Gasteiger partial charge on any atom is 0.265 e. The first kappa shape index (κ1) is 25.7. The van der Waals surface area contributed by atoms with Gasteiger partial charge in [0.25, 0.3) is 10.0 Å². The molecule has 3 aromatic rings. The monoisotopic (exact) mass is 529 g/mol. The highest BCUT2D eigenvalue weighted by Crippen LogP contribution is 2.39. The number of halogens is 2. The number of hydrogen-bond acceptors (Lipinski definition) is 4. The van der Waals surface area contributed by atoms with Crippen LogP contribution >= 0.6 is 11.6 Å². The molecule has 2 N–H and O–H groups in total. The summed E-state index contributed by atoms with van der Waals surface area (Å²) in [7, 11) is -4.40. The van der Waals surface area contributed by atoms with Crippen molar-refractivity contribution in [3.05, 3.63) is 87.7 Å². The second-order valence-electron chi connectivity index (χ2n) is 8.80. The maximum absolute atomic E-state index is 14.3. The topological polar surface area (TPSA) is 95.6 Å². The Kier molecular flexibility index (Phi) is 7.06. The summed E-state index contributed by atoms with van der Waals surface area (Å²) in [4.78, 5) is 25.9. The highest BCUT2D eigenvalue weighted by atomic mass is 35.5. The minimum atomic E-state index is -4.40. The van der Waals surface area contributed by atoms with Crippen LogP contribution in [-0.2, 0) is 26.2 Å². The van der Waals surface area contributed by atoms with Crippen LogP contribution in [0.5, 0.6) is 0 Å². The van der Waals surface area contributed by atoms with Crippen LogP contribution in [0.4, 0.5) is 15.8 Å². The maximum atomic E-state index is 14.3. The van der Waals surface area contributed by atoms with E-state index in [1.165, 1.54) is 18.2 Å². The van der Waals surface area contributed by atoms with Crippen LogP contribution in [0.2, 0.25) is 5.02 Å². The first-order valence-corrected chi connectivity index (χ1v) is 13.0. The van der Waals surface area contributed by atoms with Crippen LogP contribution in [-0.4, -0.2) is 26.3 Å². The van der Waals surface area contributed by atoms with Gasteiger partial charge in [-0.3, -0.25) is 13.9 Å². The third-order valence-electron chi connectivity index (χ3n) is 5.98. The summed E-state index contributed by atoms with van der Waals surface area (Å²) in [5.74, 6) is -1.90. The van der Waals surface area contributed by atoms with Gasteiger partial charge in [-0.1, -0.05) is 41.4 Å². The predicted octanol–water partition coefficient (Wildman–Crippen LogP) is 4.63. The highest BCUT2D eigenvalue weighted by molar-refractivity contribution is 7.93. The molecule has 0 aliphatic carbocycles. The largest absolute Gasteiger partial charge is 0.352 e. The number of nitrogens with zero attached hydrogens (tertiary/aromatic N) is 1. The molecule has 188 valence electrons. The Hall–Kier alpha value is -3.43. The van der Waals surface area contributed by atoms with Crippen molar-refractivity contribution >= 4 is 44.8 Å². The number of aryl methyl sites for hydroxylation is 3. The lowest BCUT2D eigenvalue weighted by molar-refractivity contribution is -0.125. The zero-order chi connectivity index (χ0) is 26.2. The number of amides is 2. The van der Waals surface area contributed by atoms with Gasteiger partial charge in [0.2, 0.25) is 11.8 Å². The van der Waals surface area contributed by atoms with Crippen LogP contribution in [0.15, 0.2) is 59.5 Å². The summed E-state index contributed by atoms with van der Waals surface area (Å²) in [6, 6.07) is 12.5. The zero-order valence-electron chi connectivity index (χ0n) is 19.9. The molecule has 0 spiro atoms. The number of fused-ring (bicyclic) bond motifs is 1. The molecular formula is C26H25ClFN3O4S. The number of benzene rings is 3. The van der Waals surface area contributed by atoms with Crippen LogP contribution in [0.1, 0.15) is 28.7 Å². The predicted molar refractivity (Wildman–Crippen MR) is 137 cm³/mol. The van der Waals surface area contributed by atoms with E-state index in [0.717, 1.165) is 27.6 Å². The fraction of sp³-hybridized carbons (Fsp3) is 0.231. The molecule has 0 fully saturated rings. The van der Waals surface area contributed by atoms with E-state index in [1.807, 2.05) is 31.2 Å². The minimum Gasteiger partial charge on any atom is -0.352 e. The van der Waals surface area contributed by atoms with Gasteiger partial charge in [-0.15, -0.1) is 0 Å². The number of hydrogen-bond donors (Lipinski definition) is 2. The minimum absolute atomic E-state index is 0.0573. The average molecular weight is 530 g/mol. The lowest BCUT2D eigenvalue weighted by Crippen LogP contribution is -2.52. The van der Waals surface area contributed by atoms with Gasteiger partial charge in [0.05, 0.1) is 22.7 Å². The normalized spacial score (nSPS) is 15.3. The van der Waals surface area contributed by atoms with E-state index in [-0.39, 0.29) is 22.8 Å². The van der Waals surface area contributed by atoms with Crippen molar-refractivity contribution in [3.8, 4) is 0 Å². The smallest absolute Gasteiger partial charge is 0.265 e. The summed E-state index contributed by atoms with van der Waals surface area (Å²) in [5.41, 5.74) is 2.84. The summed E-state index contributed by atoms with van der Waals surface area (Å²) in [6.07, 6.45) is -0.460. The number of sulfonamides is 1. The number of carbonyl (C=O) groups excluding carboxylic acids is 2. The standard InChI is InChI=1S/C26H25ClFN3O4S/c1-15-5-4-6-18(9-15)14-29-25(32)13-23-26(33)30-21-8-7-19(28)12-22(21)31(23)36(34,35)24-11-16(2)20(27)10-17(24)3/h4-12,23H,13-14H2,1-3H3,(H,29,32)(H,30,33). The molecule has 1 atom stereocenters. The lowest BCUT2D eigenvalue weighted by Gasteiger charge is -2.37. The van der Waals surface area contributed by atoms with Crippen molar-refractivity contribution < 1.29 is 22.4 Å². The van der Waals surface area contributed by atoms with E-state index in [1.54, 1.807) is 13.8 Å². The molecule has 0 bridgehead atoms. The van der Waals surface area contributed by atoms with E-state index in [4.69, 9.17) is 11.6 Å². The fourth-order valence-corrected chi connectivity index (χ4v) is 6.30. The van der Waals surface area contributed by atoms with E-state index in [2.05, 4.69) is 10.6 Å². The first-order valence-electron chi connectivity index (χ1n) is 11.2. The van der Waals surface area contributed by atoms with Gasteiger partial charge in [0, 0.05) is 17.6 Å². The molecule has 0 aromatic heterocycles. The number of anilines is 2. The van der Waals surface area contributed by atoms with Crippen molar-refractivity contribution in [1.82, 2.24) is 5.32 Å². The van der Waals surface area contributed by atoms with Crippen molar-refractivity contribution in [2.75, 3.05) is 9.62 Å². The third-order valence-corrected chi connectivity index (χ3v) is 8.36. The van der Waals surface area contributed by atoms with Crippen molar-refractivity contribution in [2.45, 2.75) is 44.7 Å². The van der Waals surface area contributed by atoms with Crippen LogP contribution in [0, 0.1) is 26.6 Å². The van der Waals surface area contributed by atoms with Gasteiger partial charge < -0.3 is 10.6 Å². The molecular weight excluding hydrogens is 505 g/mol. The van der Waals surface area contributed by atoms with E-state index in [9.17, 15) is 22.4 Å². The van der Waals surface area contributed by atoms with Crippen LogP contribution in [0.3, 0.4) is 0 Å². The SMILES string of the molecule is Cc1cccc(CNC(=O)CC2C(=O)Nc3ccc(F)cc3N2S(=O)(=O)c2cc(C)c(Cl)cc2C)c1. The van der Waals surface area contributed by atoms with Gasteiger partial charge in [-0.25, -0.2) is 12.8 Å². The third kappa shape index (κ3) is 5.08. The molecule has 4 rings (SSSR count). The number of rotatable bonds is 6. The summed E-state index contributed by atoms with van der Waals surface area (Å²) in [5, 5.41) is 5.73. The lowest BCUT2D eigenvalue weighted by atomic mass is 10.1. The van der Waals surface area contributed by atoms with Gasteiger partial charge in [0.15, 0.2) is 0 Å². The van der Waals surface area contributed by atoms with E-state index >= 15 is 0 Å². The van der Waals surface area contributed by atoms with E-state index in [0.29, 0.717) is 16.1 Å². The average Bonchev–Trinajstić information content (AvgIpc) is 2.80. The van der Waals surface area contributed by atoms with Crippen molar-refractivity contribution in [3.63, 3.8) is 0 Å². The Morgan fingerprint density at radius 3 is 2.56 bits per heavy atom.